The highest BCUT2D eigenvalue weighted by molar-refractivity contribution is 5.80. The van der Waals surface area contributed by atoms with Crippen LogP contribution in [-0.2, 0) is 13.1 Å². The Morgan fingerprint density at radius 2 is 1.96 bits per heavy atom. The van der Waals surface area contributed by atoms with E-state index in [1.807, 2.05) is 12.1 Å². The van der Waals surface area contributed by atoms with E-state index in [4.69, 9.17) is 4.42 Å². The van der Waals surface area contributed by atoms with Gasteiger partial charge in [-0.05, 0) is 37.5 Å². The molecule has 0 aliphatic carbocycles. The highest BCUT2D eigenvalue weighted by Gasteiger charge is 2.20. The molecule has 0 bridgehead atoms. The van der Waals surface area contributed by atoms with Crippen molar-refractivity contribution in [2.45, 2.75) is 38.9 Å². The third kappa shape index (κ3) is 5.64. The fourth-order valence-corrected chi connectivity index (χ4v) is 3.15. The molecule has 25 heavy (non-hydrogen) atoms. The van der Waals surface area contributed by atoms with Crippen LogP contribution in [0.2, 0.25) is 0 Å². The van der Waals surface area contributed by atoms with Crippen LogP contribution in [0.25, 0.3) is 0 Å². The first kappa shape index (κ1) is 17.5. The smallest absolute Gasteiger partial charge is 0.191 e. The van der Waals surface area contributed by atoms with E-state index in [2.05, 4.69) is 57.8 Å². The molecule has 2 aromatic rings. The van der Waals surface area contributed by atoms with Crippen molar-refractivity contribution in [3.05, 3.63) is 60.1 Å². The van der Waals surface area contributed by atoms with Crippen molar-refractivity contribution in [3.63, 3.8) is 0 Å². The van der Waals surface area contributed by atoms with Gasteiger partial charge in [0.05, 0.1) is 6.26 Å². The molecule has 1 fully saturated rings. The monoisotopic (exact) mass is 340 g/mol. The van der Waals surface area contributed by atoms with Crippen molar-refractivity contribution < 1.29 is 4.42 Å². The number of aliphatic imine (C=N–C) groups is 1. The van der Waals surface area contributed by atoms with Crippen LogP contribution < -0.4 is 10.6 Å². The number of nitrogens with zero attached hydrogens (tertiary/aromatic N) is 2. The number of rotatable bonds is 6. The maximum atomic E-state index is 5.35. The number of benzene rings is 1. The fourth-order valence-electron chi connectivity index (χ4n) is 3.15. The van der Waals surface area contributed by atoms with Crippen molar-refractivity contribution in [2.24, 2.45) is 4.99 Å². The van der Waals surface area contributed by atoms with Crippen molar-refractivity contribution in [2.75, 3.05) is 19.6 Å². The van der Waals surface area contributed by atoms with E-state index in [1.54, 1.807) is 6.26 Å². The number of nitrogens with one attached hydrogen (secondary N) is 2. The summed E-state index contributed by atoms with van der Waals surface area (Å²) in [7, 11) is 0. The molecule has 1 aliphatic rings. The van der Waals surface area contributed by atoms with Gasteiger partial charge in [0.2, 0.25) is 0 Å². The van der Waals surface area contributed by atoms with Crippen molar-refractivity contribution >= 4 is 5.96 Å². The first-order valence-electron chi connectivity index (χ1n) is 9.17. The molecule has 0 atom stereocenters. The van der Waals surface area contributed by atoms with Gasteiger partial charge in [0, 0.05) is 32.2 Å². The van der Waals surface area contributed by atoms with E-state index < -0.39 is 0 Å². The Labute approximate surface area is 150 Å². The third-order valence-corrected chi connectivity index (χ3v) is 4.49. The Hall–Kier alpha value is -2.27. The van der Waals surface area contributed by atoms with Gasteiger partial charge in [-0.3, -0.25) is 4.90 Å². The predicted molar refractivity (Wildman–Crippen MR) is 101 cm³/mol. The second-order valence-corrected chi connectivity index (χ2v) is 6.45. The summed E-state index contributed by atoms with van der Waals surface area (Å²) in [6.45, 7) is 6.78. The molecule has 0 saturated carbocycles. The van der Waals surface area contributed by atoms with E-state index in [0.29, 0.717) is 12.6 Å². The third-order valence-electron chi connectivity index (χ3n) is 4.49. The molecule has 2 heterocycles. The van der Waals surface area contributed by atoms with Crippen LogP contribution in [0.5, 0.6) is 0 Å². The zero-order valence-corrected chi connectivity index (χ0v) is 14.9. The molecule has 2 N–H and O–H groups in total. The maximum absolute atomic E-state index is 5.35. The second kappa shape index (κ2) is 9.28. The molecule has 1 aliphatic heterocycles. The summed E-state index contributed by atoms with van der Waals surface area (Å²) in [5, 5.41) is 6.90. The van der Waals surface area contributed by atoms with Gasteiger partial charge in [-0.25, -0.2) is 4.99 Å². The summed E-state index contributed by atoms with van der Waals surface area (Å²) in [6.07, 6.45) is 3.96. The SMILES string of the molecule is CCNC(=NCc1ccco1)NC1CCN(Cc2ccccc2)CC1. The minimum Gasteiger partial charge on any atom is -0.467 e. The molecule has 1 saturated heterocycles. The highest BCUT2D eigenvalue weighted by atomic mass is 16.3. The van der Waals surface area contributed by atoms with Crippen LogP contribution in [-0.4, -0.2) is 36.5 Å². The van der Waals surface area contributed by atoms with Gasteiger partial charge in [0.15, 0.2) is 5.96 Å². The van der Waals surface area contributed by atoms with E-state index in [9.17, 15) is 0 Å². The molecule has 134 valence electrons. The zero-order valence-electron chi connectivity index (χ0n) is 14.9. The summed E-state index contributed by atoms with van der Waals surface area (Å²) in [5.74, 6) is 1.76. The number of likely N-dealkylation sites (tertiary alicyclic amines) is 1. The average molecular weight is 340 g/mol. The lowest BCUT2D eigenvalue weighted by Crippen LogP contribution is -2.48. The van der Waals surface area contributed by atoms with Crippen LogP contribution in [0.1, 0.15) is 31.1 Å². The molecular weight excluding hydrogens is 312 g/mol. The predicted octanol–water partition coefficient (Wildman–Crippen LogP) is 3.00. The van der Waals surface area contributed by atoms with Gasteiger partial charge in [0.1, 0.15) is 12.3 Å². The maximum Gasteiger partial charge on any atom is 0.191 e. The van der Waals surface area contributed by atoms with Crippen LogP contribution >= 0.6 is 0 Å². The summed E-state index contributed by atoms with van der Waals surface area (Å²) in [6, 6.07) is 15.0. The Morgan fingerprint density at radius 3 is 2.64 bits per heavy atom. The van der Waals surface area contributed by atoms with Gasteiger partial charge in [-0.1, -0.05) is 30.3 Å². The molecule has 5 heteroatoms. The number of hydrogen-bond donors (Lipinski definition) is 2. The van der Waals surface area contributed by atoms with Gasteiger partial charge < -0.3 is 15.1 Å². The lowest BCUT2D eigenvalue weighted by atomic mass is 10.0. The summed E-state index contributed by atoms with van der Waals surface area (Å²) >= 11 is 0. The minimum absolute atomic E-state index is 0.474. The molecule has 1 aromatic carbocycles. The summed E-state index contributed by atoms with van der Waals surface area (Å²) < 4.78 is 5.35. The Bertz CT molecular complexity index is 631. The minimum atomic E-state index is 0.474. The summed E-state index contributed by atoms with van der Waals surface area (Å²) in [5.41, 5.74) is 1.39. The topological polar surface area (TPSA) is 52.8 Å². The van der Waals surface area contributed by atoms with Crippen molar-refractivity contribution in [1.82, 2.24) is 15.5 Å². The van der Waals surface area contributed by atoms with Gasteiger partial charge in [-0.2, -0.15) is 0 Å². The van der Waals surface area contributed by atoms with E-state index >= 15 is 0 Å². The normalized spacial score (nSPS) is 16.8. The number of furan rings is 1. The van der Waals surface area contributed by atoms with E-state index in [-0.39, 0.29) is 0 Å². The standard InChI is InChI=1S/C20H28N4O/c1-2-21-20(22-15-19-9-6-14-25-19)23-18-10-12-24(13-11-18)16-17-7-4-3-5-8-17/h3-9,14,18H,2,10-13,15-16H2,1H3,(H2,21,22,23). The quantitative estimate of drug-likeness (QED) is 0.627. The largest absolute Gasteiger partial charge is 0.467 e. The molecule has 0 radical (unpaired) electrons. The second-order valence-electron chi connectivity index (χ2n) is 6.45. The van der Waals surface area contributed by atoms with Crippen LogP contribution in [0, 0.1) is 0 Å². The number of hydrogen-bond acceptors (Lipinski definition) is 3. The highest BCUT2D eigenvalue weighted by Crippen LogP contribution is 2.14. The Morgan fingerprint density at radius 1 is 1.16 bits per heavy atom. The molecule has 1 aromatic heterocycles. The Kier molecular flexibility index (Phi) is 6.51. The van der Waals surface area contributed by atoms with Gasteiger partial charge in [-0.15, -0.1) is 0 Å². The number of piperidine rings is 1. The molecule has 3 rings (SSSR count). The molecule has 0 unspecified atom stereocenters. The van der Waals surface area contributed by atoms with Gasteiger partial charge in [0.25, 0.3) is 0 Å². The van der Waals surface area contributed by atoms with Crippen molar-refractivity contribution in [3.8, 4) is 0 Å². The zero-order chi connectivity index (χ0) is 17.3. The average Bonchev–Trinajstić information content (AvgIpc) is 3.16. The molecular formula is C20H28N4O. The fraction of sp³-hybridized carbons (Fsp3) is 0.450. The molecule has 5 nitrogen and oxygen atoms in total. The number of guanidine groups is 1. The first-order valence-corrected chi connectivity index (χ1v) is 9.17. The lowest BCUT2D eigenvalue weighted by Gasteiger charge is -2.33. The molecule has 0 amide bonds. The van der Waals surface area contributed by atoms with Gasteiger partial charge >= 0.3 is 0 Å². The van der Waals surface area contributed by atoms with E-state index in [1.165, 1.54) is 5.56 Å². The van der Waals surface area contributed by atoms with Crippen LogP contribution in [0.3, 0.4) is 0 Å². The van der Waals surface area contributed by atoms with E-state index in [0.717, 1.165) is 50.7 Å². The lowest BCUT2D eigenvalue weighted by molar-refractivity contribution is 0.198. The van der Waals surface area contributed by atoms with Crippen molar-refractivity contribution in [1.29, 1.82) is 0 Å². The molecule has 0 spiro atoms. The van der Waals surface area contributed by atoms with Crippen LogP contribution in [0.4, 0.5) is 0 Å². The Balaban J connectivity index is 1.46. The summed E-state index contributed by atoms with van der Waals surface area (Å²) in [4.78, 5) is 7.15. The first-order chi connectivity index (χ1) is 12.3. The van der Waals surface area contributed by atoms with Crippen LogP contribution in [0.15, 0.2) is 58.1 Å².